The van der Waals surface area contributed by atoms with E-state index in [4.69, 9.17) is 20.2 Å². The summed E-state index contributed by atoms with van der Waals surface area (Å²) in [7, 11) is 4.00. The maximum atomic E-state index is 14.3. The number of rotatable bonds is 3. The van der Waals surface area contributed by atoms with Gasteiger partial charge in [0, 0.05) is 67.1 Å². The molecule has 0 aromatic heterocycles. The highest BCUT2D eigenvalue weighted by Gasteiger charge is 2.57. The van der Waals surface area contributed by atoms with Gasteiger partial charge in [-0.1, -0.05) is 77.6 Å². The molecule has 4 aliphatic heterocycles. The van der Waals surface area contributed by atoms with Crippen LogP contribution < -0.4 is 15.8 Å². The Hall–Kier alpha value is -3.09. The molecule has 6 bridgehead atoms. The van der Waals surface area contributed by atoms with Crippen LogP contribution in [0.15, 0.2) is 41.4 Å². The molecule has 5 fully saturated rings. The van der Waals surface area contributed by atoms with Crippen molar-refractivity contribution >= 4 is 39.4 Å². The van der Waals surface area contributed by atoms with Gasteiger partial charge in [-0.05, 0) is 145 Å². The largest absolute Gasteiger partial charge is 0.504 e. The topological polar surface area (TPSA) is 147 Å². The van der Waals surface area contributed by atoms with Gasteiger partial charge in [-0.25, -0.2) is 0 Å². The fourth-order valence-electron chi connectivity index (χ4n) is 13.7. The highest BCUT2D eigenvalue weighted by atomic mass is 33.1. The van der Waals surface area contributed by atoms with Crippen LogP contribution in [0.1, 0.15) is 164 Å². The highest BCUT2D eigenvalue weighted by molar-refractivity contribution is 8.77. The van der Waals surface area contributed by atoms with Crippen molar-refractivity contribution in [3.63, 3.8) is 0 Å². The molecular formula is C52H74N4O6S2. The smallest absolute Gasteiger partial charge is 0.303 e. The Labute approximate surface area is 389 Å². The Balaban J connectivity index is 1.04. The molecule has 7 atom stereocenters. The Morgan fingerprint density at radius 3 is 2.55 bits per heavy atom. The number of benzene rings is 2. The first kappa shape index (κ1) is 46.0. The number of esters is 1. The van der Waals surface area contributed by atoms with E-state index in [1.165, 1.54) is 51.0 Å². The fourth-order valence-corrected chi connectivity index (χ4v) is 17.2. The predicted octanol–water partition coefficient (Wildman–Crippen LogP) is 9.93. The number of aromatic hydroxyl groups is 1. The number of hydrogen-bond donors (Lipinski definition) is 4. The number of guanidine groups is 1. The average Bonchev–Trinajstić information content (AvgIpc) is 4.05. The van der Waals surface area contributed by atoms with Crippen molar-refractivity contribution in [1.82, 2.24) is 10.2 Å². The molecule has 1 saturated heterocycles. The van der Waals surface area contributed by atoms with Gasteiger partial charge in [0.05, 0.1) is 6.10 Å². The van der Waals surface area contributed by atoms with E-state index in [9.17, 15) is 19.8 Å². The quantitative estimate of drug-likeness (QED) is 0.173. The lowest BCUT2D eigenvalue weighted by atomic mass is 9.72. The van der Waals surface area contributed by atoms with Gasteiger partial charge in [-0.2, -0.15) is 0 Å². The Kier molecular flexibility index (Phi) is 14.1. The minimum atomic E-state index is -0.762. The summed E-state index contributed by atoms with van der Waals surface area (Å²) >= 11 is 0. The van der Waals surface area contributed by atoms with Gasteiger partial charge in [-0.15, -0.1) is 0 Å². The average molecular weight is 915 g/mol. The molecule has 8 aliphatic rings. The number of aliphatic hydroxyl groups excluding tert-OH is 1. The molecule has 0 unspecified atom stereocenters. The predicted molar refractivity (Wildman–Crippen MR) is 257 cm³/mol. The summed E-state index contributed by atoms with van der Waals surface area (Å²) in [6.45, 7) is 2.84. The van der Waals surface area contributed by atoms with E-state index >= 15 is 0 Å². The zero-order valence-corrected chi connectivity index (χ0v) is 40.0. The summed E-state index contributed by atoms with van der Waals surface area (Å²) < 4.78 is 13.1. The number of phenolic OH excluding ortho intramolecular Hbond substituents is 1. The SMILES string of the molecule is CC(=O)O[C@@]12CCc3cc(c(O)c4c3CC[C@H]3CCC[C@H]3O4)CN3C[C@](Cc4ccccc4)(CCN=C(N)N[C@@]4(CCCC45CCCC5)SSCCCCC[C@@H](CC1)[C@H](O)C2)CC3=O. The van der Waals surface area contributed by atoms with Crippen molar-refractivity contribution < 1.29 is 29.3 Å². The number of aliphatic imine (C=N–C) groups is 1. The molecule has 1 amide bonds. The third-order valence-electron chi connectivity index (χ3n) is 17.0. The number of carbonyl (C=O) groups excluding carboxylic acids is 2. The van der Waals surface area contributed by atoms with E-state index in [0.717, 1.165) is 100 Å². The molecule has 2 aromatic carbocycles. The number of nitrogens with two attached hydrogens (primary N) is 1. The molecule has 4 heterocycles. The second-order valence-electron chi connectivity index (χ2n) is 21.2. The van der Waals surface area contributed by atoms with E-state index in [2.05, 4.69) is 35.6 Å². The standard InChI is InChI=1S/C52H74N4O6S2/c1-36(57)62-51-25-19-38(43(58)32-51)14-6-3-9-29-63-64-52(24-11-23-50(52)21-7-8-22-50)55-48(53)54-28-27-49(31-37-12-4-2-5-13-37)33-45(59)56(35-49)34-41-30-40(20-26-51)42-18-17-39-15-10-16-44(39)61-47(42)46(41)60/h2,4-5,12-13,30,38-39,43-44,58,60H,3,6-11,14-29,31-35H2,1H3,(H3,53,54,55)/t38-,39+,43+,44+,49-,51+,52-/m0/s1. The molecule has 12 heteroatoms. The number of nitrogens with one attached hydrogen (secondary N) is 1. The van der Waals surface area contributed by atoms with Crippen molar-refractivity contribution in [1.29, 1.82) is 0 Å². The minimum Gasteiger partial charge on any atom is -0.504 e. The van der Waals surface area contributed by atoms with Crippen LogP contribution in [-0.4, -0.2) is 74.5 Å². The number of carbonyl (C=O) groups is 2. The lowest BCUT2D eigenvalue weighted by Gasteiger charge is -2.44. The van der Waals surface area contributed by atoms with Gasteiger partial charge < -0.3 is 35.6 Å². The molecule has 4 aliphatic carbocycles. The summed E-state index contributed by atoms with van der Waals surface area (Å²) in [6.07, 6.45) is 22.5. The van der Waals surface area contributed by atoms with Crippen LogP contribution in [0.5, 0.6) is 11.5 Å². The lowest BCUT2D eigenvalue weighted by Crippen LogP contribution is -2.55. The van der Waals surface area contributed by atoms with Crippen LogP contribution in [-0.2, 0) is 40.1 Å². The van der Waals surface area contributed by atoms with Crippen LogP contribution in [0.4, 0.5) is 0 Å². The highest BCUT2D eigenvalue weighted by Crippen LogP contribution is 2.63. The van der Waals surface area contributed by atoms with Gasteiger partial charge in [0.15, 0.2) is 17.5 Å². The van der Waals surface area contributed by atoms with Gasteiger partial charge in [0.2, 0.25) is 5.91 Å². The first-order valence-electron chi connectivity index (χ1n) is 25.1. The zero-order valence-electron chi connectivity index (χ0n) is 38.4. The van der Waals surface area contributed by atoms with Crippen LogP contribution in [0.25, 0.3) is 0 Å². The first-order chi connectivity index (χ1) is 31.0. The number of nitrogens with zero attached hydrogens (tertiary/aromatic N) is 2. The van der Waals surface area contributed by atoms with Gasteiger partial charge >= 0.3 is 5.97 Å². The van der Waals surface area contributed by atoms with E-state index in [0.29, 0.717) is 68.4 Å². The number of fused-ring (bicyclic) bond motifs is 14. The van der Waals surface area contributed by atoms with Crippen molar-refractivity contribution in [2.24, 2.45) is 33.4 Å². The molecule has 350 valence electrons. The molecule has 2 aromatic rings. The first-order valence-corrected chi connectivity index (χ1v) is 27.4. The van der Waals surface area contributed by atoms with Gasteiger partial charge in [0.1, 0.15) is 16.6 Å². The number of amides is 1. The van der Waals surface area contributed by atoms with Crippen molar-refractivity contribution in [3.8, 4) is 11.5 Å². The fraction of sp³-hybridized carbons (Fsp3) is 0.712. The number of hydrogen-bond acceptors (Lipinski definition) is 11. The Morgan fingerprint density at radius 2 is 1.73 bits per heavy atom. The molecule has 10 rings (SSSR count). The normalized spacial score (nSPS) is 33.8. The monoisotopic (exact) mass is 915 g/mol. The van der Waals surface area contributed by atoms with Crippen molar-refractivity contribution in [2.45, 2.75) is 190 Å². The molecule has 4 saturated carbocycles. The summed E-state index contributed by atoms with van der Waals surface area (Å²) in [6, 6.07) is 12.6. The van der Waals surface area contributed by atoms with E-state index in [1.54, 1.807) is 0 Å². The van der Waals surface area contributed by atoms with E-state index in [1.807, 2.05) is 32.6 Å². The number of ether oxygens (including phenoxy) is 2. The second-order valence-corrected chi connectivity index (χ2v) is 24.0. The number of aryl methyl sites for hydroxylation is 1. The number of phenols is 1. The maximum absolute atomic E-state index is 14.3. The molecule has 10 nitrogen and oxygen atoms in total. The third-order valence-corrected chi connectivity index (χ3v) is 20.3. The Morgan fingerprint density at radius 1 is 0.922 bits per heavy atom. The van der Waals surface area contributed by atoms with Gasteiger partial charge in [0.25, 0.3) is 0 Å². The molecule has 0 radical (unpaired) electrons. The van der Waals surface area contributed by atoms with Gasteiger partial charge in [-0.3, -0.25) is 14.6 Å². The Bertz CT molecular complexity index is 2010. The van der Waals surface area contributed by atoms with Crippen molar-refractivity contribution in [3.05, 3.63) is 58.7 Å². The molecule has 2 spiro atoms. The van der Waals surface area contributed by atoms with Crippen LogP contribution in [0, 0.1) is 22.7 Å². The molecule has 5 N–H and O–H groups in total. The number of aliphatic hydroxyl groups is 1. The van der Waals surface area contributed by atoms with Crippen molar-refractivity contribution in [2.75, 3.05) is 18.8 Å². The molecular weight excluding hydrogens is 841 g/mol. The summed E-state index contributed by atoms with van der Waals surface area (Å²) in [5, 5.41) is 27.8. The minimum absolute atomic E-state index is 0.0705. The second kappa shape index (κ2) is 19.6. The molecule has 64 heavy (non-hydrogen) atoms. The summed E-state index contributed by atoms with van der Waals surface area (Å²) in [5.41, 5.74) is 10.0. The summed E-state index contributed by atoms with van der Waals surface area (Å²) in [5.74, 6) is 2.74. The van der Waals surface area contributed by atoms with Crippen LogP contribution in [0.3, 0.4) is 0 Å². The van der Waals surface area contributed by atoms with E-state index < -0.39 is 11.7 Å². The third kappa shape index (κ3) is 9.81. The summed E-state index contributed by atoms with van der Waals surface area (Å²) in [4.78, 5) is 33.9. The maximum Gasteiger partial charge on any atom is 0.303 e. The zero-order chi connectivity index (χ0) is 44.4. The lowest BCUT2D eigenvalue weighted by molar-refractivity contribution is -0.168. The van der Waals surface area contributed by atoms with Crippen LogP contribution in [0.2, 0.25) is 0 Å². The van der Waals surface area contributed by atoms with Crippen LogP contribution >= 0.6 is 21.6 Å². The van der Waals surface area contributed by atoms with E-state index in [-0.39, 0.29) is 51.9 Å².